The number of hydrogen-bond donors (Lipinski definition) is 1. The highest BCUT2D eigenvalue weighted by molar-refractivity contribution is 8.18. The first kappa shape index (κ1) is 23.2. The van der Waals surface area contributed by atoms with Gasteiger partial charge in [-0.2, -0.15) is 0 Å². The minimum Gasteiger partial charge on any atom is -0.489 e. The molecule has 1 N–H and O–H groups in total. The second kappa shape index (κ2) is 10.3. The van der Waals surface area contributed by atoms with Crippen LogP contribution in [0.15, 0.2) is 77.7 Å². The standard InChI is InChI=1S/C25H18F2N2O4S/c26-18-9-7-16(8-10-18)15-33-21-6-1-3-17(11-21)12-22-24(31)29(25(32)34-22)14-23(30)28-20-5-2-4-19(27)13-20/h1-13H,14-15H2,(H,28,30)/b22-12+. The Morgan fingerprint density at radius 2 is 1.74 bits per heavy atom. The van der Waals surface area contributed by atoms with Crippen LogP contribution in [-0.4, -0.2) is 28.5 Å². The molecule has 0 bridgehead atoms. The molecule has 0 spiro atoms. The van der Waals surface area contributed by atoms with Gasteiger partial charge in [-0.1, -0.05) is 30.3 Å². The van der Waals surface area contributed by atoms with E-state index in [9.17, 15) is 23.2 Å². The van der Waals surface area contributed by atoms with Gasteiger partial charge in [0.1, 0.15) is 30.5 Å². The van der Waals surface area contributed by atoms with Gasteiger partial charge in [0.2, 0.25) is 5.91 Å². The average molecular weight is 480 g/mol. The maximum absolute atomic E-state index is 13.3. The Morgan fingerprint density at radius 3 is 2.50 bits per heavy atom. The predicted octanol–water partition coefficient (Wildman–Crippen LogP) is 5.22. The monoisotopic (exact) mass is 480 g/mol. The molecule has 4 rings (SSSR count). The molecular weight excluding hydrogens is 462 g/mol. The number of imide groups is 1. The van der Waals surface area contributed by atoms with E-state index in [1.807, 2.05) is 0 Å². The summed E-state index contributed by atoms with van der Waals surface area (Å²) in [5, 5.41) is 1.89. The van der Waals surface area contributed by atoms with Crippen LogP contribution in [-0.2, 0) is 16.2 Å². The highest BCUT2D eigenvalue weighted by Gasteiger charge is 2.36. The van der Waals surface area contributed by atoms with E-state index in [1.165, 1.54) is 30.3 Å². The number of carbonyl (C=O) groups is 3. The van der Waals surface area contributed by atoms with Gasteiger partial charge >= 0.3 is 0 Å². The lowest BCUT2D eigenvalue weighted by Gasteiger charge is -2.12. The first-order valence-electron chi connectivity index (χ1n) is 10.2. The Balaban J connectivity index is 1.39. The van der Waals surface area contributed by atoms with Gasteiger partial charge in [0.25, 0.3) is 11.1 Å². The molecule has 1 fully saturated rings. The average Bonchev–Trinajstić information content (AvgIpc) is 3.06. The zero-order valence-electron chi connectivity index (χ0n) is 17.7. The Morgan fingerprint density at radius 1 is 0.971 bits per heavy atom. The van der Waals surface area contributed by atoms with Crippen molar-refractivity contribution in [2.45, 2.75) is 6.61 Å². The molecule has 1 aliphatic rings. The minimum atomic E-state index is -0.620. The largest absolute Gasteiger partial charge is 0.489 e. The number of benzene rings is 3. The van der Waals surface area contributed by atoms with E-state index >= 15 is 0 Å². The molecule has 0 unspecified atom stereocenters. The van der Waals surface area contributed by atoms with Crippen LogP contribution in [0.3, 0.4) is 0 Å². The molecule has 0 radical (unpaired) electrons. The highest BCUT2D eigenvalue weighted by Crippen LogP contribution is 2.32. The Hall–Kier alpha value is -3.98. The summed E-state index contributed by atoms with van der Waals surface area (Å²) >= 11 is 0.727. The first-order chi connectivity index (χ1) is 16.4. The third-order valence-corrected chi connectivity index (χ3v) is 5.67. The number of halogens is 2. The number of anilines is 1. The number of rotatable bonds is 7. The minimum absolute atomic E-state index is 0.166. The Labute approximate surface area is 198 Å². The van der Waals surface area contributed by atoms with Gasteiger partial charge in [-0.3, -0.25) is 19.3 Å². The van der Waals surface area contributed by atoms with Crippen LogP contribution < -0.4 is 10.1 Å². The molecular formula is C25H18F2N2O4S. The van der Waals surface area contributed by atoms with Gasteiger partial charge in [0, 0.05) is 5.69 Å². The fourth-order valence-electron chi connectivity index (χ4n) is 3.14. The van der Waals surface area contributed by atoms with Crippen LogP contribution in [0.1, 0.15) is 11.1 Å². The van der Waals surface area contributed by atoms with E-state index in [0.717, 1.165) is 28.3 Å². The van der Waals surface area contributed by atoms with Crippen molar-refractivity contribution in [2.75, 3.05) is 11.9 Å². The fraction of sp³-hybridized carbons (Fsp3) is 0.0800. The second-order valence-electron chi connectivity index (χ2n) is 7.31. The van der Waals surface area contributed by atoms with Crippen molar-refractivity contribution in [1.29, 1.82) is 0 Å². The number of thioether (sulfide) groups is 1. The number of nitrogens with zero attached hydrogens (tertiary/aromatic N) is 1. The van der Waals surface area contributed by atoms with Crippen molar-refractivity contribution >= 4 is 40.6 Å². The summed E-state index contributed by atoms with van der Waals surface area (Å²) in [7, 11) is 0. The van der Waals surface area contributed by atoms with Gasteiger partial charge in [0.15, 0.2) is 0 Å². The Kier molecular flexibility index (Phi) is 7.03. The molecule has 0 atom stereocenters. The summed E-state index contributed by atoms with van der Waals surface area (Å²) in [6.07, 6.45) is 1.54. The van der Waals surface area contributed by atoms with E-state index in [-0.39, 0.29) is 23.0 Å². The van der Waals surface area contributed by atoms with Crippen LogP contribution in [0.5, 0.6) is 5.75 Å². The van der Waals surface area contributed by atoms with Crippen molar-refractivity contribution in [2.24, 2.45) is 0 Å². The van der Waals surface area contributed by atoms with Crippen molar-refractivity contribution in [3.05, 3.63) is 100 Å². The van der Waals surface area contributed by atoms with E-state index < -0.39 is 29.4 Å². The number of ether oxygens (including phenoxy) is 1. The summed E-state index contributed by atoms with van der Waals surface area (Å²) in [5.41, 5.74) is 1.65. The smallest absolute Gasteiger partial charge is 0.294 e. The molecule has 1 saturated heterocycles. The quantitative estimate of drug-likeness (QED) is 0.470. The zero-order valence-corrected chi connectivity index (χ0v) is 18.5. The number of nitrogens with one attached hydrogen (secondary N) is 1. The summed E-state index contributed by atoms with van der Waals surface area (Å²) in [6, 6.07) is 18.2. The van der Waals surface area contributed by atoms with Crippen molar-refractivity contribution in [1.82, 2.24) is 4.90 Å². The van der Waals surface area contributed by atoms with Gasteiger partial charge in [-0.15, -0.1) is 0 Å². The van der Waals surface area contributed by atoms with E-state index in [1.54, 1.807) is 42.5 Å². The highest BCUT2D eigenvalue weighted by atomic mass is 32.2. The summed E-state index contributed by atoms with van der Waals surface area (Å²) < 4.78 is 32.0. The van der Waals surface area contributed by atoms with Crippen LogP contribution >= 0.6 is 11.8 Å². The number of hydrogen-bond acceptors (Lipinski definition) is 5. The molecule has 0 aliphatic carbocycles. The van der Waals surface area contributed by atoms with E-state index in [0.29, 0.717) is 11.3 Å². The lowest BCUT2D eigenvalue weighted by molar-refractivity contribution is -0.127. The molecule has 34 heavy (non-hydrogen) atoms. The molecule has 172 valence electrons. The molecule has 1 heterocycles. The molecule has 1 aliphatic heterocycles. The van der Waals surface area contributed by atoms with E-state index in [4.69, 9.17) is 4.74 Å². The van der Waals surface area contributed by atoms with Crippen molar-refractivity contribution in [3.8, 4) is 5.75 Å². The third kappa shape index (κ3) is 5.87. The lowest BCUT2D eigenvalue weighted by atomic mass is 10.2. The van der Waals surface area contributed by atoms with Gasteiger partial charge in [0.05, 0.1) is 4.91 Å². The molecule has 3 aromatic carbocycles. The first-order valence-corrected chi connectivity index (χ1v) is 11.0. The van der Waals surface area contributed by atoms with Gasteiger partial charge < -0.3 is 10.1 Å². The topological polar surface area (TPSA) is 75.7 Å². The molecule has 9 heteroatoms. The number of amides is 3. The Bertz CT molecular complexity index is 1280. The van der Waals surface area contributed by atoms with Crippen molar-refractivity contribution < 1.29 is 27.9 Å². The molecule has 0 aromatic heterocycles. The summed E-state index contributed by atoms with van der Waals surface area (Å²) in [6.45, 7) is -0.250. The maximum Gasteiger partial charge on any atom is 0.294 e. The molecule has 6 nitrogen and oxygen atoms in total. The van der Waals surface area contributed by atoms with Gasteiger partial charge in [-0.25, -0.2) is 8.78 Å². The van der Waals surface area contributed by atoms with Crippen LogP contribution in [0, 0.1) is 11.6 Å². The molecule has 3 amide bonds. The lowest BCUT2D eigenvalue weighted by Crippen LogP contribution is -2.36. The second-order valence-corrected chi connectivity index (χ2v) is 8.31. The normalized spacial score (nSPS) is 14.5. The zero-order chi connectivity index (χ0) is 24.1. The third-order valence-electron chi connectivity index (χ3n) is 4.76. The predicted molar refractivity (Wildman–Crippen MR) is 125 cm³/mol. The van der Waals surface area contributed by atoms with Crippen LogP contribution in [0.4, 0.5) is 19.3 Å². The van der Waals surface area contributed by atoms with Crippen molar-refractivity contribution in [3.63, 3.8) is 0 Å². The fourth-order valence-corrected chi connectivity index (χ4v) is 3.98. The van der Waals surface area contributed by atoms with Crippen LogP contribution in [0.25, 0.3) is 6.08 Å². The van der Waals surface area contributed by atoms with Gasteiger partial charge in [-0.05, 0) is 71.4 Å². The molecule has 0 saturated carbocycles. The maximum atomic E-state index is 13.3. The van der Waals surface area contributed by atoms with Crippen LogP contribution in [0.2, 0.25) is 0 Å². The summed E-state index contributed by atoms with van der Waals surface area (Å²) in [5.74, 6) is -1.53. The summed E-state index contributed by atoms with van der Waals surface area (Å²) in [4.78, 5) is 38.3. The SMILES string of the molecule is O=C(CN1C(=O)S/C(=C/c2cccc(OCc3ccc(F)cc3)c2)C1=O)Nc1cccc(F)c1. The number of carbonyl (C=O) groups excluding carboxylic acids is 3. The molecule has 3 aromatic rings. The van der Waals surface area contributed by atoms with E-state index in [2.05, 4.69) is 5.32 Å².